The van der Waals surface area contributed by atoms with Gasteiger partial charge in [-0.05, 0) is 25.1 Å². The molecule has 0 aliphatic heterocycles. The van der Waals surface area contributed by atoms with Gasteiger partial charge in [-0.25, -0.2) is 4.79 Å². The summed E-state index contributed by atoms with van der Waals surface area (Å²) in [5.41, 5.74) is 6.10. The maximum absolute atomic E-state index is 11.1. The average Bonchev–Trinajstić information content (AvgIpc) is 2.27. The molecule has 0 amide bonds. The highest BCUT2D eigenvalue weighted by atomic mass is 35.5. The summed E-state index contributed by atoms with van der Waals surface area (Å²) in [6.45, 7) is 1.86. The fraction of sp³-hybridized carbons (Fsp3) is 0.273. The summed E-state index contributed by atoms with van der Waals surface area (Å²) in [7, 11) is 0. The zero-order chi connectivity index (χ0) is 12.8. The van der Waals surface area contributed by atoms with Crippen LogP contribution in [0.3, 0.4) is 0 Å². The third-order valence-corrected chi connectivity index (χ3v) is 2.40. The molecule has 4 nitrogen and oxygen atoms in total. The molecule has 0 spiro atoms. The predicted octanol–water partition coefficient (Wildman–Crippen LogP) is 1.92. The van der Waals surface area contributed by atoms with Crippen molar-refractivity contribution >= 4 is 34.8 Å². The van der Waals surface area contributed by atoms with Crippen LogP contribution >= 0.6 is 23.8 Å². The molecular formula is C11H12ClNO3S. The SMILES string of the molecule is CCOC(=O)COc1ccc(C(N)=S)cc1Cl. The van der Waals surface area contributed by atoms with Gasteiger partial charge in [0.2, 0.25) is 0 Å². The number of benzene rings is 1. The maximum atomic E-state index is 11.1. The summed E-state index contributed by atoms with van der Waals surface area (Å²) in [6, 6.07) is 4.87. The van der Waals surface area contributed by atoms with Crippen molar-refractivity contribution in [3.63, 3.8) is 0 Å². The number of rotatable bonds is 5. The van der Waals surface area contributed by atoms with E-state index in [4.69, 9.17) is 39.0 Å². The minimum atomic E-state index is -0.443. The van der Waals surface area contributed by atoms with Gasteiger partial charge in [-0.3, -0.25) is 0 Å². The molecule has 6 heteroatoms. The molecule has 0 radical (unpaired) electrons. The number of halogens is 1. The lowest BCUT2D eigenvalue weighted by atomic mass is 10.2. The molecule has 0 atom stereocenters. The van der Waals surface area contributed by atoms with Crippen LogP contribution in [-0.2, 0) is 9.53 Å². The Bertz CT molecular complexity index is 437. The minimum Gasteiger partial charge on any atom is -0.480 e. The molecule has 0 saturated carbocycles. The van der Waals surface area contributed by atoms with E-state index in [2.05, 4.69) is 0 Å². The number of thiocarbonyl (C=S) groups is 1. The van der Waals surface area contributed by atoms with Crippen molar-refractivity contribution in [2.24, 2.45) is 5.73 Å². The van der Waals surface area contributed by atoms with Crippen molar-refractivity contribution < 1.29 is 14.3 Å². The molecule has 0 heterocycles. The molecule has 0 saturated heterocycles. The van der Waals surface area contributed by atoms with Gasteiger partial charge in [0.1, 0.15) is 10.7 Å². The summed E-state index contributed by atoms with van der Waals surface area (Å²) in [6.07, 6.45) is 0. The van der Waals surface area contributed by atoms with Gasteiger partial charge in [-0.15, -0.1) is 0 Å². The quantitative estimate of drug-likeness (QED) is 0.656. The van der Waals surface area contributed by atoms with Crippen molar-refractivity contribution in [1.29, 1.82) is 0 Å². The fourth-order valence-electron chi connectivity index (χ4n) is 1.11. The van der Waals surface area contributed by atoms with Crippen LogP contribution in [0.1, 0.15) is 12.5 Å². The number of ether oxygens (including phenoxy) is 2. The van der Waals surface area contributed by atoms with Crippen molar-refractivity contribution in [3.05, 3.63) is 28.8 Å². The summed E-state index contributed by atoms with van der Waals surface area (Å²) in [5.74, 6) is -0.0540. The topological polar surface area (TPSA) is 61.5 Å². The second-order valence-electron chi connectivity index (χ2n) is 3.10. The molecule has 0 aliphatic rings. The summed E-state index contributed by atoms with van der Waals surface area (Å²) >= 11 is 10.8. The molecule has 2 N–H and O–H groups in total. The number of carbonyl (C=O) groups is 1. The molecule has 0 fully saturated rings. The normalized spacial score (nSPS) is 9.76. The van der Waals surface area contributed by atoms with E-state index in [0.717, 1.165) is 0 Å². The van der Waals surface area contributed by atoms with Gasteiger partial charge in [-0.1, -0.05) is 23.8 Å². The van der Waals surface area contributed by atoms with Gasteiger partial charge < -0.3 is 15.2 Å². The molecule has 0 aliphatic carbocycles. The third-order valence-electron chi connectivity index (χ3n) is 1.87. The Balaban J connectivity index is 2.66. The Hall–Kier alpha value is -1.33. The van der Waals surface area contributed by atoms with E-state index in [9.17, 15) is 4.79 Å². The van der Waals surface area contributed by atoms with Crippen LogP contribution in [0.25, 0.3) is 0 Å². The Labute approximate surface area is 110 Å². The molecule has 0 aromatic heterocycles. The molecule has 17 heavy (non-hydrogen) atoms. The lowest BCUT2D eigenvalue weighted by molar-refractivity contribution is -0.145. The molecule has 1 aromatic carbocycles. The van der Waals surface area contributed by atoms with E-state index in [1.165, 1.54) is 0 Å². The Morgan fingerprint density at radius 2 is 2.24 bits per heavy atom. The van der Waals surface area contributed by atoms with Crippen molar-refractivity contribution in [3.8, 4) is 5.75 Å². The van der Waals surface area contributed by atoms with Gasteiger partial charge in [0.25, 0.3) is 0 Å². The van der Waals surface area contributed by atoms with Crippen LogP contribution in [-0.4, -0.2) is 24.2 Å². The van der Waals surface area contributed by atoms with Crippen LogP contribution in [0.15, 0.2) is 18.2 Å². The Morgan fingerprint density at radius 3 is 2.76 bits per heavy atom. The first kappa shape index (κ1) is 13.7. The molecule has 1 rings (SSSR count). The molecular weight excluding hydrogens is 262 g/mol. The van der Waals surface area contributed by atoms with Crippen LogP contribution in [0.5, 0.6) is 5.75 Å². The first-order valence-electron chi connectivity index (χ1n) is 4.92. The molecule has 92 valence electrons. The predicted molar refractivity (Wildman–Crippen MR) is 69.5 cm³/mol. The smallest absolute Gasteiger partial charge is 0.344 e. The minimum absolute atomic E-state index is 0.181. The number of carbonyl (C=O) groups excluding carboxylic acids is 1. The highest BCUT2D eigenvalue weighted by Crippen LogP contribution is 2.25. The maximum Gasteiger partial charge on any atom is 0.344 e. The first-order valence-corrected chi connectivity index (χ1v) is 5.71. The van der Waals surface area contributed by atoms with Crippen LogP contribution in [0, 0.1) is 0 Å². The third kappa shape index (κ3) is 4.20. The standard InChI is InChI=1S/C11H12ClNO3S/c1-2-15-10(14)6-16-9-4-3-7(11(13)17)5-8(9)12/h3-5H,2,6H2,1H3,(H2,13,17). The van der Waals surface area contributed by atoms with Crippen LogP contribution < -0.4 is 10.5 Å². The molecule has 0 unspecified atom stereocenters. The van der Waals surface area contributed by atoms with E-state index < -0.39 is 5.97 Å². The van der Waals surface area contributed by atoms with E-state index in [-0.39, 0.29) is 11.6 Å². The second-order valence-corrected chi connectivity index (χ2v) is 3.95. The van der Waals surface area contributed by atoms with Gasteiger partial charge in [-0.2, -0.15) is 0 Å². The van der Waals surface area contributed by atoms with E-state index in [0.29, 0.717) is 22.9 Å². The van der Waals surface area contributed by atoms with Crippen LogP contribution in [0.2, 0.25) is 5.02 Å². The Kier molecular flexibility index (Phi) is 5.18. The van der Waals surface area contributed by atoms with Gasteiger partial charge in [0.15, 0.2) is 6.61 Å². The largest absolute Gasteiger partial charge is 0.480 e. The molecule has 0 bridgehead atoms. The lowest BCUT2D eigenvalue weighted by Gasteiger charge is -2.08. The highest BCUT2D eigenvalue weighted by molar-refractivity contribution is 7.80. The highest BCUT2D eigenvalue weighted by Gasteiger charge is 2.07. The van der Waals surface area contributed by atoms with Gasteiger partial charge in [0, 0.05) is 5.56 Å². The summed E-state index contributed by atoms with van der Waals surface area (Å²) in [5, 5.41) is 0.347. The number of hydrogen-bond acceptors (Lipinski definition) is 4. The number of esters is 1. The van der Waals surface area contributed by atoms with E-state index in [1.54, 1.807) is 25.1 Å². The number of hydrogen-bond donors (Lipinski definition) is 1. The summed E-state index contributed by atoms with van der Waals surface area (Å²) < 4.78 is 9.91. The molecule has 1 aromatic rings. The van der Waals surface area contributed by atoms with E-state index in [1.807, 2.05) is 0 Å². The second kappa shape index (κ2) is 6.42. The lowest BCUT2D eigenvalue weighted by Crippen LogP contribution is -2.15. The van der Waals surface area contributed by atoms with Crippen LogP contribution in [0.4, 0.5) is 0 Å². The van der Waals surface area contributed by atoms with E-state index >= 15 is 0 Å². The van der Waals surface area contributed by atoms with Crippen molar-refractivity contribution in [2.45, 2.75) is 6.92 Å². The monoisotopic (exact) mass is 273 g/mol. The van der Waals surface area contributed by atoms with Crippen molar-refractivity contribution in [2.75, 3.05) is 13.2 Å². The number of nitrogens with two attached hydrogens (primary N) is 1. The first-order chi connectivity index (χ1) is 8.04. The van der Waals surface area contributed by atoms with Crippen molar-refractivity contribution in [1.82, 2.24) is 0 Å². The fourth-order valence-corrected chi connectivity index (χ4v) is 1.47. The average molecular weight is 274 g/mol. The Morgan fingerprint density at radius 1 is 1.53 bits per heavy atom. The zero-order valence-electron chi connectivity index (χ0n) is 9.23. The van der Waals surface area contributed by atoms with Gasteiger partial charge in [0.05, 0.1) is 11.6 Å². The summed E-state index contributed by atoms with van der Waals surface area (Å²) in [4.78, 5) is 11.3. The zero-order valence-corrected chi connectivity index (χ0v) is 10.8. The van der Waals surface area contributed by atoms with Gasteiger partial charge >= 0.3 is 5.97 Å².